The van der Waals surface area contributed by atoms with Crippen LogP contribution >= 0.6 is 12.2 Å². The van der Waals surface area contributed by atoms with E-state index in [2.05, 4.69) is 10.4 Å². The van der Waals surface area contributed by atoms with E-state index in [1.807, 2.05) is 26.1 Å². The Hall–Kier alpha value is -2.21. The molecule has 0 saturated carbocycles. The van der Waals surface area contributed by atoms with Crippen LogP contribution in [0.1, 0.15) is 27.3 Å². The van der Waals surface area contributed by atoms with Gasteiger partial charge in [-0.25, -0.2) is 0 Å². The van der Waals surface area contributed by atoms with Crippen molar-refractivity contribution in [1.29, 1.82) is 0 Å². The maximum Gasteiger partial charge on any atom is 0.259 e. The van der Waals surface area contributed by atoms with E-state index in [-0.39, 0.29) is 10.9 Å². The summed E-state index contributed by atoms with van der Waals surface area (Å²) in [4.78, 5) is 12.6. The minimum Gasteiger partial charge on any atom is -0.389 e. The second-order valence-corrected chi connectivity index (χ2v) is 4.97. The quantitative estimate of drug-likeness (QED) is 0.846. The molecule has 104 valence electrons. The monoisotopic (exact) mass is 288 g/mol. The molecule has 0 aliphatic heterocycles. The van der Waals surface area contributed by atoms with E-state index in [0.29, 0.717) is 22.5 Å². The van der Waals surface area contributed by atoms with Gasteiger partial charge in [-0.05, 0) is 26.0 Å². The molecular weight excluding hydrogens is 272 g/mol. The lowest BCUT2D eigenvalue weighted by molar-refractivity contribution is 0.102. The van der Waals surface area contributed by atoms with Crippen LogP contribution in [0.4, 0.5) is 5.69 Å². The Morgan fingerprint density at radius 3 is 2.55 bits per heavy atom. The molecule has 6 heteroatoms. The van der Waals surface area contributed by atoms with E-state index in [4.69, 9.17) is 18.0 Å². The highest BCUT2D eigenvalue weighted by Crippen LogP contribution is 2.18. The number of carbonyl (C=O) groups excluding carboxylic acids is 1. The Morgan fingerprint density at radius 2 is 2.00 bits per heavy atom. The van der Waals surface area contributed by atoms with Crippen LogP contribution in [-0.4, -0.2) is 20.7 Å². The largest absolute Gasteiger partial charge is 0.389 e. The molecule has 0 fully saturated rings. The summed E-state index contributed by atoms with van der Waals surface area (Å²) >= 11 is 4.98. The SMILES string of the molecule is Cc1nn(C)c(C)c1C(=O)Nc1ccccc1C(N)=S. The molecule has 1 aromatic carbocycles. The number of hydrogen-bond acceptors (Lipinski definition) is 3. The van der Waals surface area contributed by atoms with Crippen LogP contribution in [0.15, 0.2) is 24.3 Å². The normalized spacial score (nSPS) is 10.3. The average Bonchev–Trinajstić information content (AvgIpc) is 2.63. The topological polar surface area (TPSA) is 72.9 Å². The summed E-state index contributed by atoms with van der Waals surface area (Å²) in [5.41, 5.74) is 8.99. The van der Waals surface area contributed by atoms with Gasteiger partial charge in [0.2, 0.25) is 0 Å². The number of para-hydroxylation sites is 1. The number of benzene rings is 1. The molecule has 1 amide bonds. The Kier molecular flexibility index (Phi) is 3.85. The van der Waals surface area contributed by atoms with Crippen LogP contribution in [-0.2, 0) is 7.05 Å². The molecule has 2 aromatic rings. The number of aryl methyl sites for hydroxylation is 2. The Balaban J connectivity index is 2.36. The fourth-order valence-corrected chi connectivity index (χ4v) is 2.27. The fraction of sp³-hybridized carbons (Fsp3) is 0.214. The number of nitrogens with zero attached hydrogens (tertiary/aromatic N) is 2. The van der Waals surface area contributed by atoms with Gasteiger partial charge < -0.3 is 11.1 Å². The van der Waals surface area contributed by atoms with Gasteiger partial charge in [-0.15, -0.1) is 0 Å². The van der Waals surface area contributed by atoms with Crippen molar-refractivity contribution in [3.8, 4) is 0 Å². The lowest BCUT2D eigenvalue weighted by atomic mass is 10.1. The third-order valence-electron chi connectivity index (χ3n) is 3.18. The van der Waals surface area contributed by atoms with E-state index in [0.717, 1.165) is 5.69 Å². The van der Waals surface area contributed by atoms with Gasteiger partial charge in [0.05, 0.1) is 16.9 Å². The van der Waals surface area contributed by atoms with Gasteiger partial charge in [-0.3, -0.25) is 9.48 Å². The van der Waals surface area contributed by atoms with Crippen molar-refractivity contribution >= 4 is 28.8 Å². The zero-order chi connectivity index (χ0) is 14.9. The lowest BCUT2D eigenvalue weighted by Crippen LogP contribution is -2.18. The van der Waals surface area contributed by atoms with E-state index in [9.17, 15) is 4.79 Å². The van der Waals surface area contributed by atoms with Gasteiger partial charge >= 0.3 is 0 Å². The summed E-state index contributed by atoms with van der Waals surface area (Å²) in [6.45, 7) is 3.66. The molecular formula is C14H16N4OS. The van der Waals surface area contributed by atoms with Crippen LogP contribution in [0.5, 0.6) is 0 Å². The number of amides is 1. The maximum atomic E-state index is 12.4. The summed E-state index contributed by atoms with van der Waals surface area (Å²) in [5, 5.41) is 7.08. The van der Waals surface area contributed by atoms with Crippen molar-refractivity contribution in [3.05, 3.63) is 46.8 Å². The number of hydrogen-bond donors (Lipinski definition) is 2. The third-order valence-corrected chi connectivity index (χ3v) is 3.40. The highest BCUT2D eigenvalue weighted by atomic mass is 32.1. The van der Waals surface area contributed by atoms with Gasteiger partial charge in [-0.1, -0.05) is 24.4 Å². The predicted molar refractivity (Wildman–Crippen MR) is 83.0 cm³/mol. The van der Waals surface area contributed by atoms with Crippen molar-refractivity contribution in [3.63, 3.8) is 0 Å². The molecule has 0 aliphatic carbocycles. The lowest BCUT2D eigenvalue weighted by Gasteiger charge is -2.10. The Morgan fingerprint density at radius 1 is 1.35 bits per heavy atom. The Bertz CT molecular complexity index is 690. The van der Waals surface area contributed by atoms with Gasteiger partial charge in [0.15, 0.2) is 0 Å². The third kappa shape index (κ3) is 2.55. The summed E-state index contributed by atoms with van der Waals surface area (Å²) in [6.07, 6.45) is 0. The molecule has 2 rings (SSSR count). The van der Waals surface area contributed by atoms with Crippen LogP contribution in [0.3, 0.4) is 0 Å². The number of anilines is 1. The van der Waals surface area contributed by atoms with Gasteiger partial charge in [-0.2, -0.15) is 5.10 Å². The molecule has 3 N–H and O–H groups in total. The number of thiocarbonyl (C=S) groups is 1. The molecule has 1 aromatic heterocycles. The maximum absolute atomic E-state index is 12.4. The summed E-state index contributed by atoms with van der Waals surface area (Å²) in [5.74, 6) is -0.211. The number of nitrogens with one attached hydrogen (secondary N) is 1. The molecule has 0 bridgehead atoms. The molecule has 0 spiro atoms. The van der Waals surface area contributed by atoms with Gasteiger partial charge in [0, 0.05) is 18.3 Å². The van der Waals surface area contributed by atoms with E-state index in [1.54, 1.807) is 23.7 Å². The van der Waals surface area contributed by atoms with Crippen molar-refractivity contribution in [1.82, 2.24) is 9.78 Å². The van der Waals surface area contributed by atoms with Crippen LogP contribution < -0.4 is 11.1 Å². The highest BCUT2D eigenvalue weighted by molar-refractivity contribution is 7.80. The van der Waals surface area contributed by atoms with E-state index >= 15 is 0 Å². The number of carbonyl (C=O) groups is 1. The second kappa shape index (κ2) is 5.42. The van der Waals surface area contributed by atoms with Crippen molar-refractivity contribution in [2.75, 3.05) is 5.32 Å². The van der Waals surface area contributed by atoms with Crippen molar-refractivity contribution in [2.45, 2.75) is 13.8 Å². The minimum absolute atomic E-state index is 0.211. The molecule has 1 heterocycles. The first-order chi connectivity index (χ1) is 9.41. The summed E-state index contributed by atoms with van der Waals surface area (Å²) in [7, 11) is 1.81. The smallest absolute Gasteiger partial charge is 0.259 e. The molecule has 0 radical (unpaired) electrons. The molecule has 0 saturated heterocycles. The molecule has 0 unspecified atom stereocenters. The van der Waals surface area contributed by atoms with Crippen LogP contribution in [0.2, 0.25) is 0 Å². The van der Waals surface area contributed by atoms with Crippen LogP contribution in [0, 0.1) is 13.8 Å². The second-order valence-electron chi connectivity index (χ2n) is 4.53. The first-order valence-electron chi connectivity index (χ1n) is 6.12. The zero-order valence-electron chi connectivity index (χ0n) is 11.6. The number of rotatable bonds is 3. The predicted octanol–water partition coefficient (Wildman–Crippen LogP) is 1.92. The first kappa shape index (κ1) is 14.2. The highest BCUT2D eigenvalue weighted by Gasteiger charge is 2.18. The van der Waals surface area contributed by atoms with E-state index < -0.39 is 0 Å². The van der Waals surface area contributed by atoms with Gasteiger partial charge in [0.1, 0.15) is 4.99 Å². The standard InChI is InChI=1S/C14H16N4OS/c1-8-12(9(2)18(3)17-8)14(19)16-11-7-5-4-6-10(11)13(15)20/h4-7H,1-3H3,(H2,15,20)(H,16,19). The van der Waals surface area contributed by atoms with E-state index in [1.165, 1.54) is 0 Å². The van der Waals surface area contributed by atoms with Crippen LogP contribution in [0.25, 0.3) is 0 Å². The number of nitrogens with two attached hydrogens (primary N) is 1. The minimum atomic E-state index is -0.211. The first-order valence-corrected chi connectivity index (χ1v) is 6.53. The molecule has 0 aliphatic rings. The zero-order valence-corrected chi connectivity index (χ0v) is 12.4. The summed E-state index contributed by atoms with van der Waals surface area (Å²) < 4.78 is 1.68. The average molecular weight is 288 g/mol. The van der Waals surface area contributed by atoms with Gasteiger partial charge in [0.25, 0.3) is 5.91 Å². The molecule has 20 heavy (non-hydrogen) atoms. The number of aromatic nitrogens is 2. The molecule has 5 nitrogen and oxygen atoms in total. The fourth-order valence-electron chi connectivity index (χ4n) is 2.09. The molecule has 0 atom stereocenters. The summed E-state index contributed by atoms with van der Waals surface area (Å²) in [6, 6.07) is 7.19. The Labute approximate surface area is 122 Å². The van der Waals surface area contributed by atoms with Crippen molar-refractivity contribution in [2.24, 2.45) is 12.8 Å². The van der Waals surface area contributed by atoms with Crippen molar-refractivity contribution < 1.29 is 4.79 Å².